The molecule has 0 aromatic heterocycles. The molecule has 2 aromatic carbocycles. The van der Waals surface area contributed by atoms with Crippen molar-refractivity contribution in [3.63, 3.8) is 0 Å². The summed E-state index contributed by atoms with van der Waals surface area (Å²) in [4.78, 5) is 24.3. The summed E-state index contributed by atoms with van der Waals surface area (Å²) >= 11 is 0. The van der Waals surface area contributed by atoms with Crippen LogP contribution < -0.4 is 5.32 Å². The Kier molecular flexibility index (Phi) is 5.17. The van der Waals surface area contributed by atoms with Crippen LogP contribution in [0.4, 0.5) is 5.69 Å². The van der Waals surface area contributed by atoms with Crippen molar-refractivity contribution in [3.05, 3.63) is 64.7 Å². The number of anilines is 1. The first kappa shape index (κ1) is 17.2. The smallest absolute Gasteiger partial charge is 0.338 e. The molecule has 1 aliphatic heterocycles. The van der Waals surface area contributed by atoms with Gasteiger partial charge < -0.3 is 10.1 Å². The summed E-state index contributed by atoms with van der Waals surface area (Å²) < 4.78 is 5.01. The molecule has 130 valence electrons. The zero-order chi connectivity index (χ0) is 17.8. The average Bonchev–Trinajstić information content (AvgIpc) is 2.95. The average molecular weight is 337 g/mol. The minimum atomic E-state index is -0.295. The molecule has 0 bridgehead atoms. The van der Waals surface area contributed by atoms with Crippen LogP contribution in [-0.4, -0.2) is 11.9 Å². The first-order valence-electron chi connectivity index (χ1n) is 8.73. The second-order valence-electron chi connectivity index (χ2n) is 6.62. The van der Waals surface area contributed by atoms with Gasteiger partial charge in [-0.05, 0) is 43.5 Å². The zero-order valence-electron chi connectivity index (χ0n) is 14.7. The molecule has 0 fully saturated rings. The van der Waals surface area contributed by atoms with Gasteiger partial charge in [0.1, 0.15) is 6.61 Å². The molecule has 1 N–H and O–H groups in total. The summed E-state index contributed by atoms with van der Waals surface area (Å²) in [5.41, 5.74) is 4.52. The number of carbonyl (C=O) groups is 2. The van der Waals surface area contributed by atoms with Gasteiger partial charge in [-0.25, -0.2) is 4.79 Å². The van der Waals surface area contributed by atoms with Gasteiger partial charge in [-0.1, -0.05) is 43.2 Å². The third-order valence-corrected chi connectivity index (χ3v) is 4.52. The molecule has 1 amide bonds. The van der Waals surface area contributed by atoms with E-state index >= 15 is 0 Å². The van der Waals surface area contributed by atoms with E-state index in [0.29, 0.717) is 11.3 Å². The van der Waals surface area contributed by atoms with Crippen molar-refractivity contribution in [1.82, 2.24) is 0 Å². The molecule has 0 spiro atoms. The van der Waals surface area contributed by atoms with E-state index < -0.39 is 0 Å². The number of amides is 1. The lowest BCUT2D eigenvalue weighted by Crippen LogP contribution is -2.24. The number of aryl methyl sites for hydroxylation is 1. The van der Waals surface area contributed by atoms with Crippen molar-refractivity contribution in [2.45, 2.75) is 39.7 Å². The third-order valence-electron chi connectivity index (χ3n) is 4.52. The SMILES string of the molecule is CCCC(Cc1cccc(C)c1)C(=O)Nc1ccc2c(c1)COC2=O. The molecule has 0 saturated carbocycles. The highest BCUT2D eigenvalue weighted by molar-refractivity contribution is 5.96. The van der Waals surface area contributed by atoms with Gasteiger partial charge in [0.2, 0.25) is 5.91 Å². The molecular formula is C21H23NO3. The van der Waals surface area contributed by atoms with E-state index in [1.807, 2.05) is 12.1 Å². The number of ether oxygens (including phenoxy) is 1. The topological polar surface area (TPSA) is 55.4 Å². The molecule has 4 nitrogen and oxygen atoms in total. The fourth-order valence-electron chi connectivity index (χ4n) is 3.25. The largest absolute Gasteiger partial charge is 0.457 e. The Hall–Kier alpha value is -2.62. The Bertz CT molecular complexity index is 797. The van der Waals surface area contributed by atoms with Crippen molar-refractivity contribution in [2.75, 3.05) is 5.32 Å². The van der Waals surface area contributed by atoms with E-state index in [2.05, 4.69) is 37.4 Å². The molecule has 0 aliphatic carbocycles. The molecule has 2 aromatic rings. The molecule has 4 heteroatoms. The quantitative estimate of drug-likeness (QED) is 0.801. The van der Waals surface area contributed by atoms with Gasteiger partial charge in [0.25, 0.3) is 0 Å². The molecule has 25 heavy (non-hydrogen) atoms. The van der Waals surface area contributed by atoms with Gasteiger partial charge in [-0.3, -0.25) is 4.79 Å². The molecule has 3 rings (SSSR count). The highest BCUT2D eigenvalue weighted by atomic mass is 16.5. The van der Waals surface area contributed by atoms with Crippen molar-refractivity contribution < 1.29 is 14.3 Å². The summed E-state index contributed by atoms with van der Waals surface area (Å²) in [5.74, 6) is -0.345. The zero-order valence-corrected chi connectivity index (χ0v) is 14.7. The summed E-state index contributed by atoms with van der Waals surface area (Å²) in [7, 11) is 0. The Balaban J connectivity index is 1.71. The number of cyclic esters (lactones) is 1. The summed E-state index contributed by atoms with van der Waals surface area (Å²) in [6.45, 7) is 4.43. The summed E-state index contributed by atoms with van der Waals surface area (Å²) in [5, 5.41) is 3.00. The van der Waals surface area contributed by atoms with Gasteiger partial charge in [0.15, 0.2) is 0 Å². The number of hydrogen-bond donors (Lipinski definition) is 1. The summed E-state index contributed by atoms with van der Waals surface area (Å²) in [6.07, 6.45) is 2.52. The normalized spacial score (nSPS) is 13.9. The third kappa shape index (κ3) is 4.08. The maximum absolute atomic E-state index is 12.7. The predicted molar refractivity (Wildman–Crippen MR) is 97.5 cm³/mol. The monoisotopic (exact) mass is 337 g/mol. The maximum Gasteiger partial charge on any atom is 0.338 e. The van der Waals surface area contributed by atoms with Gasteiger partial charge in [-0.2, -0.15) is 0 Å². The van der Waals surface area contributed by atoms with E-state index in [1.54, 1.807) is 12.1 Å². The van der Waals surface area contributed by atoms with Crippen LogP contribution in [0.2, 0.25) is 0 Å². The van der Waals surface area contributed by atoms with Crippen molar-refractivity contribution >= 4 is 17.6 Å². The molecule has 0 saturated heterocycles. The van der Waals surface area contributed by atoms with Crippen LogP contribution in [0.25, 0.3) is 0 Å². The van der Waals surface area contributed by atoms with Crippen LogP contribution >= 0.6 is 0 Å². The number of fused-ring (bicyclic) bond motifs is 1. The molecule has 1 unspecified atom stereocenters. The van der Waals surface area contributed by atoms with E-state index in [1.165, 1.54) is 11.1 Å². The summed E-state index contributed by atoms with van der Waals surface area (Å²) in [6, 6.07) is 13.6. The Labute approximate surface area is 148 Å². The number of benzene rings is 2. The van der Waals surface area contributed by atoms with Gasteiger partial charge in [0, 0.05) is 17.2 Å². The highest BCUT2D eigenvalue weighted by Crippen LogP contribution is 2.24. The van der Waals surface area contributed by atoms with E-state index in [4.69, 9.17) is 4.74 Å². The Morgan fingerprint density at radius 1 is 1.24 bits per heavy atom. The minimum absolute atomic E-state index is 0.0218. The highest BCUT2D eigenvalue weighted by Gasteiger charge is 2.23. The predicted octanol–water partition coefficient (Wildman–Crippen LogP) is 4.26. The van der Waals surface area contributed by atoms with Crippen LogP contribution in [0.15, 0.2) is 42.5 Å². The lowest BCUT2D eigenvalue weighted by Gasteiger charge is -2.17. The Morgan fingerprint density at radius 2 is 2.08 bits per heavy atom. The van der Waals surface area contributed by atoms with E-state index in [0.717, 1.165) is 24.8 Å². The van der Waals surface area contributed by atoms with Crippen molar-refractivity contribution in [1.29, 1.82) is 0 Å². The van der Waals surface area contributed by atoms with E-state index in [9.17, 15) is 9.59 Å². The molecule has 1 heterocycles. The minimum Gasteiger partial charge on any atom is -0.457 e. The van der Waals surface area contributed by atoms with Gasteiger partial charge in [0.05, 0.1) is 5.56 Å². The first-order valence-corrected chi connectivity index (χ1v) is 8.73. The first-order chi connectivity index (χ1) is 12.1. The van der Waals surface area contributed by atoms with Crippen LogP contribution in [0.3, 0.4) is 0 Å². The molecule has 0 radical (unpaired) electrons. The Morgan fingerprint density at radius 3 is 2.84 bits per heavy atom. The fraction of sp³-hybridized carbons (Fsp3) is 0.333. The number of hydrogen-bond acceptors (Lipinski definition) is 3. The number of nitrogens with one attached hydrogen (secondary N) is 1. The van der Waals surface area contributed by atoms with E-state index in [-0.39, 0.29) is 24.4 Å². The lowest BCUT2D eigenvalue weighted by molar-refractivity contribution is -0.120. The second-order valence-corrected chi connectivity index (χ2v) is 6.62. The van der Waals surface area contributed by atoms with Gasteiger partial charge in [-0.15, -0.1) is 0 Å². The molecular weight excluding hydrogens is 314 g/mol. The molecule has 1 aliphatic rings. The lowest BCUT2D eigenvalue weighted by atomic mass is 9.93. The van der Waals surface area contributed by atoms with Crippen molar-refractivity contribution in [2.24, 2.45) is 5.92 Å². The number of carbonyl (C=O) groups excluding carboxylic acids is 2. The van der Waals surface area contributed by atoms with Crippen LogP contribution in [-0.2, 0) is 22.6 Å². The van der Waals surface area contributed by atoms with Crippen LogP contribution in [0.5, 0.6) is 0 Å². The van der Waals surface area contributed by atoms with Crippen molar-refractivity contribution in [3.8, 4) is 0 Å². The van der Waals surface area contributed by atoms with Crippen LogP contribution in [0.1, 0.15) is 46.8 Å². The molecule has 1 atom stereocenters. The fourth-order valence-corrected chi connectivity index (χ4v) is 3.25. The number of rotatable bonds is 6. The second kappa shape index (κ2) is 7.51. The maximum atomic E-state index is 12.7. The van der Waals surface area contributed by atoms with Gasteiger partial charge >= 0.3 is 5.97 Å². The number of esters is 1. The standard InChI is InChI=1S/C21H23NO3/c1-3-5-16(11-15-7-4-6-14(2)10-15)20(23)22-18-8-9-19-17(12-18)13-25-21(19)24/h4,6-10,12,16H,3,5,11,13H2,1-2H3,(H,22,23). The van der Waals surface area contributed by atoms with Crippen LogP contribution in [0, 0.1) is 12.8 Å².